The highest BCUT2D eigenvalue weighted by Crippen LogP contribution is 2.43. The minimum Gasteiger partial charge on any atom is -0.428 e. The first kappa shape index (κ1) is 30.8. The molecule has 10 heteroatoms. The quantitative estimate of drug-likeness (QED) is 0.179. The molecule has 0 spiro atoms. The van der Waals surface area contributed by atoms with Gasteiger partial charge in [0.05, 0.1) is 0 Å². The fourth-order valence-electron chi connectivity index (χ4n) is 5.56. The number of unbranched alkanes of at least 4 members (excludes halogenated alkanes) is 2. The molecule has 0 saturated heterocycles. The van der Waals surface area contributed by atoms with E-state index in [1.807, 2.05) is 0 Å². The van der Waals surface area contributed by atoms with Gasteiger partial charge in [0.1, 0.15) is 40.1 Å². The van der Waals surface area contributed by atoms with Crippen molar-refractivity contribution < 1.29 is 44.3 Å². The Morgan fingerprint density at radius 1 is 0.732 bits per heavy atom. The van der Waals surface area contributed by atoms with E-state index in [9.17, 15) is 22.0 Å². The van der Waals surface area contributed by atoms with Crippen LogP contribution in [0.2, 0.25) is 0 Å². The maximum absolute atomic E-state index is 15.2. The topological polar surface area (TPSA) is 9.23 Å². The SMILES string of the molecule is CCCCCC1CCC(c2cc(F)c(C(F)(F)Oc3ccccc3-c3cc(F)c(C(F)(F)F)c(F)c3)c(F)c2)CC1. The summed E-state index contributed by atoms with van der Waals surface area (Å²) in [7, 11) is 0. The smallest absolute Gasteiger partial charge is 0.428 e. The highest BCUT2D eigenvalue weighted by Gasteiger charge is 2.42. The Hall–Kier alpha value is -3.17. The van der Waals surface area contributed by atoms with Crippen molar-refractivity contribution in [1.82, 2.24) is 0 Å². The van der Waals surface area contributed by atoms with Crippen molar-refractivity contribution in [2.75, 3.05) is 0 Å². The number of hydrogen-bond donors (Lipinski definition) is 0. The van der Waals surface area contributed by atoms with Gasteiger partial charge in [0.2, 0.25) is 0 Å². The molecule has 1 fully saturated rings. The third kappa shape index (κ3) is 7.01. The Balaban J connectivity index is 1.57. The van der Waals surface area contributed by atoms with Crippen molar-refractivity contribution in [2.24, 2.45) is 5.92 Å². The fourth-order valence-corrected chi connectivity index (χ4v) is 5.56. The summed E-state index contributed by atoms with van der Waals surface area (Å²) in [5, 5.41) is 0. The molecule has 0 unspecified atom stereocenters. The zero-order valence-corrected chi connectivity index (χ0v) is 22.2. The molecule has 0 radical (unpaired) electrons. The predicted molar refractivity (Wildman–Crippen MR) is 137 cm³/mol. The van der Waals surface area contributed by atoms with Crippen molar-refractivity contribution in [3.8, 4) is 16.9 Å². The third-order valence-electron chi connectivity index (χ3n) is 7.65. The van der Waals surface area contributed by atoms with Crippen molar-refractivity contribution >= 4 is 0 Å². The molecule has 3 aromatic carbocycles. The Morgan fingerprint density at radius 2 is 1.29 bits per heavy atom. The van der Waals surface area contributed by atoms with Gasteiger partial charge >= 0.3 is 12.3 Å². The van der Waals surface area contributed by atoms with Crippen LogP contribution in [0, 0.1) is 29.2 Å². The van der Waals surface area contributed by atoms with Gasteiger partial charge in [0, 0.05) is 5.56 Å². The van der Waals surface area contributed by atoms with Gasteiger partial charge in [-0.25, -0.2) is 17.6 Å². The lowest BCUT2D eigenvalue weighted by molar-refractivity contribution is -0.189. The van der Waals surface area contributed by atoms with Crippen LogP contribution < -0.4 is 4.74 Å². The molecule has 0 aliphatic heterocycles. The average Bonchev–Trinajstić information content (AvgIpc) is 2.87. The van der Waals surface area contributed by atoms with Crippen molar-refractivity contribution in [2.45, 2.75) is 76.5 Å². The highest BCUT2D eigenvalue weighted by atomic mass is 19.4. The summed E-state index contributed by atoms with van der Waals surface area (Å²) in [5.74, 6) is -7.33. The lowest BCUT2D eigenvalue weighted by Crippen LogP contribution is -2.26. The summed E-state index contributed by atoms with van der Waals surface area (Å²) in [5.41, 5.74) is -4.45. The maximum Gasteiger partial charge on any atom is 0.432 e. The average molecular weight is 589 g/mol. The number of rotatable bonds is 9. The van der Waals surface area contributed by atoms with Crippen LogP contribution in [0.15, 0.2) is 48.5 Å². The van der Waals surface area contributed by atoms with E-state index in [0.717, 1.165) is 62.8 Å². The summed E-state index contributed by atoms with van der Waals surface area (Å²) >= 11 is 0. The van der Waals surface area contributed by atoms with Gasteiger partial charge in [-0.15, -0.1) is 0 Å². The summed E-state index contributed by atoms with van der Waals surface area (Å²) in [6.07, 6.45) is -2.24. The minimum atomic E-state index is -5.33. The Labute approximate surface area is 232 Å². The first-order chi connectivity index (χ1) is 19.3. The lowest BCUT2D eigenvalue weighted by Gasteiger charge is -2.29. The van der Waals surface area contributed by atoms with E-state index < -0.39 is 63.6 Å². The molecule has 0 N–H and O–H groups in total. The number of hydrogen-bond acceptors (Lipinski definition) is 1. The van der Waals surface area contributed by atoms with Crippen LogP contribution in [0.1, 0.15) is 80.9 Å². The third-order valence-corrected chi connectivity index (χ3v) is 7.65. The van der Waals surface area contributed by atoms with E-state index in [2.05, 4.69) is 11.7 Å². The normalized spacial score (nSPS) is 18.0. The zero-order chi connectivity index (χ0) is 29.9. The van der Waals surface area contributed by atoms with Crippen LogP contribution in [0.25, 0.3) is 11.1 Å². The van der Waals surface area contributed by atoms with Gasteiger partial charge in [-0.05, 0) is 79.0 Å². The number of halogens is 9. The van der Waals surface area contributed by atoms with E-state index in [1.165, 1.54) is 12.1 Å². The van der Waals surface area contributed by atoms with Gasteiger partial charge in [-0.1, -0.05) is 50.8 Å². The van der Waals surface area contributed by atoms with E-state index in [1.54, 1.807) is 0 Å². The molecule has 0 bridgehead atoms. The summed E-state index contributed by atoms with van der Waals surface area (Å²) in [6.45, 7) is 2.12. The maximum atomic E-state index is 15.2. The minimum absolute atomic E-state index is 0.171. The van der Waals surface area contributed by atoms with Crippen LogP contribution in [-0.2, 0) is 12.3 Å². The van der Waals surface area contributed by atoms with E-state index in [4.69, 9.17) is 0 Å². The molecule has 41 heavy (non-hydrogen) atoms. The molecule has 3 aromatic rings. The molecular weight excluding hydrogens is 559 g/mol. The second-order valence-corrected chi connectivity index (χ2v) is 10.5. The molecular formula is C31H29F9O. The number of ether oxygens (including phenoxy) is 1. The van der Waals surface area contributed by atoms with Crippen LogP contribution in [0.4, 0.5) is 39.5 Å². The van der Waals surface area contributed by atoms with Crippen molar-refractivity contribution in [3.63, 3.8) is 0 Å². The molecule has 222 valence electrons. The standard InChI is InChI=1S/C31H29F9O/c1-2-3-4-7-18-10-12-19(13-11-18)20-14-25(34)29(26(35)15-20)31(39,40)41-27-9-6-5-8-22(27)21-16-23(32)28(24(33)17-21)30(36,37)38/h5-6,8-9,14-19H,2-4,7,10-13H2,1H3. The number of alkyl halides is 5. The van der Waals surface area contributed by atoms with E-state index in [0.29, 0.717) is 30.9 Å². The number of para-hydroxylation sites is 1. The first-order valence-corrected chi connectivity index (χ1v) is 13.5. The Morgan fingerprint density at radius 3 is 1.85 bits per heavy atom. The van der Waals surface area contributed by atoms with Gasteiger partial charge in [0.25, 0.3) is 0 Å². The van der Waals surface area contributed by atoms with Crippen LogP contribution in [-0.4, -0.2) is 0 Å². The van der Waals surface area contributed by atoms with Crippen LogP contribution in [0.5, 0.6) is 5.75 Å². The lowest BCUT2D eigenvalue weighted by atomic mass is 9.77. The largest absolute Gasteiger partial charge is 0.432 e. The van der Waals surface area contributed by atoms with Gasteiger partial charge < -0.3 is 4.74 Å². The molecule has 1 aliphatic carbocycles. The zero-order valence-electron chi connectivity index (χ0n) is 22.2. The van der Waals surface area contributed by atoms with E-state index >= 15 is 17.6 Å². The second-order valence-electron chi connectivity index (χ2n) is 10.5. The second kappa shape index (κ2) is 12.4. The summed E-state index contributed by atoms with van der Waals surface area (Å²) < 4.78 is 132. The molecule has 1 nitrogen and oxygen atoms in total. The van der Waals surface area contributed by atoms with Gasteiger partial charge in [-0.2, -0.15) is 22.0 Å². The first-order valence-electron chi connectivity index (χ1n) is 13.5. The van der Waals surface area contributed by atoms with E-state index in [-0.39, 0.29) is 11.5 Å². The van der Waals surface area contributed by atoms with Gasteiger partial charge in [0.15, 0.2) is 0 Å². The molecule has 0 atom stereocenters. The monoisotopic (exact) mass is 588 g/mol. The Bertz CT molecular complexity index is 1310. The van der Waals surface area contributed by atoms with Crippen LogP contribution in [0.3, 0.4) is 0 Å². The highest BCUT2D eigenvalue weighted by molar-refractivity contribution is 5.71. The van der Waals surface area contributed by atoms with Crippen molar-refractivity contribution in [3.05, 3.63) is 88.5 Å². The fraction of sp³-hybridized carbons (Fsp3) is 0.419. The predicted octanol–water partition coefficient (Wildman–Crippen LogP) is 10.9. The number of benzene rings is 3. The molecule has 1 saturated carbocycles. The molecule has 4 rings (SSSR count). The Kier molecular flexibility index (Phi) is 9.29. The summed E-state index contributed by atoms with van der Waals surface area (Å²) in [4.78, 5) is 0. The van der Waals surface area contributed by atoms with Crippen LogP contribution >= 0.6 is 0 Å². The molecule has 0 amide bonds. The molecule has 0 aromatic heterocycles. The molecule has 1 aliphatic rings. The molecule has 0 heterocycles. The summed E-state index contributed by atoms with van der Waals surface area (Å²) in [6, 6.07) is 6.89. The van der Waals surface area contributed by atoms with Crippen molar-refractivity contribution in [1.29, 1.82) is 0 Å². The van der Waals surface area contributed by atoms with Gasteiger partial charge in [-0.3, -0.25) is 0 Å².